The molecule has 0 amide bonds. The number of ketones is 1. The van der Waals surface area contributed by atoms with Crippen molar-refractivity contribution in [3.05, 3.63) is 106 Å². The van der Waals surface area contributed by atoms with Gasteiger partial charge in [-0.25, -0.2) is 13.2 Å². The molecule has 3 unspecified atom stereocenters. The van der Waals surface area contributed by atoms with Crippen LogP contribution in [0.1, 0.15) is 43.2 Å². The number of carbonyl (C=O) groups is 2. The van der Waals surface area contributed by atoms with Crippen LogP contribution in [0.15, 0.2) is 95.1 Å². The van der Waals surface area contributed by atoms with E-state index in [1.54, 1.807) is 24.3 Å². The van der Waals surface area contributed by atoms with Gasteiger partial charge >= 0.3 is 5.97 Å². The molecule has 40 heavy (non-hydrogen) atoms. The Morgan fingerprint density at radius 3 is 2.35 bits per heavy atom. The zero-order chi connectivity index (χ0) is 28.4. The molecule has 9 heteroatoms. The fraction of sp³-hybridized carbons (Fsp3) is 0.290. The molecule has 1 aliphatic heterocycles. The number of carbonyl (C=O) groups excluding carboxylic acids is 2. The van der Waals surface area contributed by atoms with Gasteiger partial charge in [-0.05, 0) is 79.1 Å². The van der Waals surface area contributed by atoms with Gasteiger partial charge in [0, 0.05) is 22.5 Å². The molecule has 2 aliphatic rings. The number of benzene rings is 3. The van der Waals surface area contributed by atoms with Crippen LogP contribution >= 0.6 is 11.6 Å². The van der Waals surface area contributed by atoms with Gasteiger partial charge in [-0.15, -0.1) is 0 Å². The maximum Gasteiger partial charge on any atom is 0.339 e. The number of halogens is 1. The van der Waals surface area contributed by atoms with Gasteiger partial charge in [0.15, 0.2) is 11.9 Å². The Labute approximate surface area is 238 Å². The van der Waals surface area contributed by atoms with Gasteiger partial charge in [-0.1, -0.05) is 61.0 Å². The summed E-state index contributed by atoms with van der Waals surface area (Å²) >= 11 is 5.89. The van der Waals surface area contributed by atoms with E-state index in [1.165, 1.54) is 24.3 Å². The number of sulfonamides is 1. The molecule has 0 bridgehead atoms. The Balaban J connectivity index is 1.43. The Kier molecular flexibility index (Phi) is 8.01. The number of anilines is 1. The van der Waals surface area contributed by atoms with Crippen molar-refractivity contribution in [1.29, 1.82) is 0 Å². The van der Waals surface area contributed by atoms with Gasteiger partial charge in [-0.2, -0.15) is 0 Å². The normalized spacial score (nSPS) is 19.2. The Hall–Kier alpha value is -3.62. The lowest BCUT2D eigenvalue weighted by Crippen LogP contribution is -2.42. The zero-order valence-electron chi connectivity index (χ0n) is 21.9. The first-order valence-corrected chi connectivity index (χ1v) is 15.1. The number of aliphatic hydroxyl groups is 1. The minimum atomic E-state index is -3.89. The third-order valence-corrected chi connectivity index (χ3v) is 9.17. The molecule has 0 radical (unpaired) electrons. The summed E-state index contributed by atoms with van der Waals surface area (Å²) in [5, 5.41) is 11.6. The second-order valence-electron chi connectivity index (χ2n) is 10.3. The minimum absolute atomic E-state index is 0.0171. The first-order valence-electron chi connectivity index (χ1n) is 13.3. The molecule has 3 aromatic carbocycles. The second kappa shape index (κ2) is 11.5. The summed E-state index contributed by atoms with van der Waals surface area (Å²) in [6, 6.07) is 22.1. The molecule has 3 atom stereocenters. The third kappa shape index (κ3) is 5.93. The van der Waals surface area contributed by atoms with E-state index in [0.29, 0.717) is 29.1 Å². The number of hydrogen-bond donors (Lipinski definition) is 2. The van der Waals surface area contributed by atoms with Crippen LogP contribution in [0.25, 0.3) is 0 Å². The van der Waals surface area contributed by atoms with Crippen LogP contribution in [0, 0.1) is 11.8 Å². The maximum atomic E-state index is 13.4. The molecular formula is C31H30ClNO6S. The summed E-state index contributed by atoms with van der Waals surface area (Å²) in [6.07, 6.45) is 1.66. The van der Waals surface area contributed by atoms with E-state index in [9.17, 15) is 23.1 Å². The molecule has 1 saturated carbocycles. The number of hydrogen-bond acceptors (Lipinski definition) is 6. The molecule has 5 rings (SSSR count). The van der Waals surface area contributed by atoms with Crippen LogP contribution in [-0.4, -0.2) is 31.4 Å². The summed E-state index contributed by atoms with van der Waals surface area (Å²) in [6.45, 7) is 1.93. The van der Waals surface area contributed by atoms with Crippen LogP contribution in [0.2, 0.25) is 5.02 Å². The summed E-state index contributed by atoms with van der Waals surface area (Å²) in [4.78, 5) is 26.8. The summed E-state index contributed by atoms with van der Waals surface area (Å²) < 4.78 is 34.2. The zero-order valence-corrected chi connectivity index (χ0v) is 23.5. The molecule has 7 nitrogen and oxygen atoms in total. The highest BCUT2D eigenvalue weighted by molar-refractivity contribution is 7.92. The summed E-state index contributed by atoms with van der Waals surface area (Å²) in [5.74, 6) is -2.74. The average molecular weight is 580 g/mol. The number of rotatable bonds is 10. The number of cyclic esters (lactones) is 1. The fourth-order valence-electron chi connectivity index (χ4n) is 5.29. The van der Waals surface area contributed by atoms with Gasteiger partial charge in [0.05, 0.1) is 10.5 Å². The van der Waals surface area contributed by atoms with Crippen molar-refractivity contribution >= 4 is 39.1 Å². The number of aliphatic hydroxyl groups excluding tert-OH is 1. The van der Waals surface area contributed by atoms with E-state index >= 15 is 0 Å². The topological polar surface area (TPSA) is 110 Å². The number of nitrogens with one attached hydrogen (secondary N) is 1. The first kappa shape index (κ1) is 27.9. The second-order valence-corrected chi connectivity index (χ2v) is 12.4. The van der Waals surface area contributed by atoms with E-state index in [-0.39, 0.29) is 22.3 Å². The van der Waals surface area contributed by atoms with E-state index < -0.39 is 39.6 Å². The lowest BCUT2D eigenvalue weighted by Gasteiger charge is -2.31. The van der Waals surface area contributed by atoms with Gasteiger partial charge in [0.1, 0.15) is 0 Å². The average Bonchev–Trinajstić information content (AvgIpc) is 3.78. The van der Waals surface area contributed by atoms with E-state index in [0.717, 1.165) is 18.4 Å². The highest BCUT2D eigenvalue weighted by Crippen LogP contribution is 2.49. The highest BCUT2D eigenvalue weighted by atomic mass is 35.5. The van der Waals surface area contributed by atoms with Crippen molar-refractivity contribution in [3.8, 4) is 0 Å². The molecule has 208 valence electrons. The molecule has 0 saturated heterocycles. The van der Waals surface area contributed by atoms with E-state index in [1.807, 2.05) is 37.3 Å². The van der Waals surface area contributed by atoms with Crippen molar-refractivity contribution < 1.29 is 27.9 Å². The van der Waals surface area contributed by atoms with Crippen LogP contribution in [0.4, 0.5) is 5.69 Å². The van der Waals surface area contributed by atoms with Crippen LogP contribution in [-0.2, 0) is 30.8 Å². The molecule has 0 aromatic heterocycles. The van der Waals surface area contributed by atoms with Crippen LogP contribution < -0.4 is 4.72 Å². The predicted octanol–water partition coefficient (Wildman–Crippen LogP) is 6.21. The van der Waals surface area contributed by atoms with E-state index in [4.69, 9.17) is 16.3 Å². The fourth-order valence-corrected chi connectivity index (χ4v) is 6.47. The molecule has 3 aromatic rings. The molecular weight excluding hydrogens is 550 g/mol. The lowest BCUT2D eigenvalue weighted by atomic mass is 9.81. The highest BCUT2D eigenvalue weighted by Gasteiger charge is 2.47. The van der Waals surface area contributed by atoms with Gasteiger partial charge in [-0.3, -0.25) is 9.52 Å². The van der Waals surface area contributed by atoms with Gasteiger partial charge in [0.2, 0.25) is 5.78 Å². The minimum Gasteiger partial charge on any atom is -0.504 e. The largest absolute Gasteiger partial charge is 0.504 e. The lowest BCUT2D eigenvalue weighted by molar-refractivity contribution is -0.158. The van der Waals surface area contributed by atoms with Crippen LogP contribution in [0.5, 0.6) is 0 Å². The van der Waals surface area contributed by atoms with Crippen molar-refractivity contribution in [2.75, 3.05) is 4.72 Å². The molecule has 1 heterocycles. The predicted molar refractivity (Wildman–Crippen MR) is 153 cm³/mol. The Morgan fingerprint density at radius 2 is 1.70 bits per heavy atom. The van der Waals surface area contributed by atoms with Crippen molar-refractivity contribution in [2.45, 2.75) is 49.5 Å². The van der Waals surface area contributed by atoms with Gasteiger partial charge in [0.25, 0.3) is 10.0 Å². The number of Topliss-reactive ketones (excluding diaryl/α,β-unsaturated/α-hetero) is 1. The summed E-state index contributed by atoms with van der Waals surface area (Å²) in [7, 11) is -3.89. The first-order chi connectivity index (χ1) is 19.2. The standard InChI is InChI=1S/C31H30ClNO6S/c1-2-20(17-19-7-4-3-5-8-19)30-29(35)28(34)27(31(36)39-30)26(21-11-12-21)22-9-6-10-24(18-22)33-40(37,38)25-15-13-23(32)14-16-25/h3-10,13-16,18,20-21,26,30,33-34H,2,11-12,17H2,1H3. The van der Waals surface area contributed by atoms with Gasteiger partial charge < -0.3 is 9.84 Å². The molecule has 1 fully saturated rings. The monoisotopic (exact) mass is 579 g/mol. The van der Waals surface area contributed by atoms with E-state index in [2.05, 4.69) is 4.72 Å². The Morgan fingerprint density at radius 1 is 1.00 bits per heavy atom. The van der Waals surface area contributed by atoms with Crippen molar-refractivity contribution in [1.82, 2.24) is 0 Å². The summed E-state index contributed by atoms with van der Waals surface area (Å²) in [5.41, 5.74) is 1.86. The number of ether oxygens (including phenoxy) is 1. The smallest absolute Gasteiger partial charge is 0.339 e. The van der Waals surface area contributed by atoms with Crippen molar-refractivity contribution in [3.63, 3.8) is 0 Å². The van der Waals surface area contributed by atoms with Crippen LogP contribution in [0.3, 0.4) is 0 Å². The molecule has 1 aliphatic carbocycles. The number of esters is 1. The SMILES string of the molecule is CCC(Cc1ccccc1)C1OC(=O)C(C(c2cccc(NS(=O)(=O)c3ccc(Cl)cc3)c2)C2CC2)=C(O)C1=O. The maximum absolute atomic E-state index is 13.4. The Bertz CT molecular complexity index is 1550. The molecule has 2 N–H and O–H groups in total. The van der Waals surface area contributed by atoms with Crippen molar-refractivity contribution in [2.24, 2.45) is 11.8 Å². The quantitative estimate of drug-likeness (QED) is 0.276. The third-order valence-electron chi connectivity index (χ3n) is 7.52. The molecule has 0 spiro atoms.